The monoisotopic (exact) mass is 522 g/mol. The smallest absolute Gasteiger partial charge is 0.336 e. The molecule has 0 aliphatic heterocycles. The van der Waals surface area contributed by atoms with Gasteiger partial charge in [-0.25, -0.2) is 28.8 Å². The number of nitrogens with zero attached hydrogens (tertiary/aromatic N) is 4. The summed E-state index contributed by atoms with van der Waals surface area (Å²) in [6.07, 6.45) is 5.59. The van der Waals surface area contributed by atoms with E-state index < -0.39 is 11.9 Å². The van der Waals surface area contributed by atoms with Gasteiger partial charge in [0.25, 0.3) is 0 Å². The number of carbonyl (C=O) groups excluding carboxylic acids is 4. The van der Waals surface area contributed by atoms with Gasteiger partial charge in [0.05, 0.1) is 11.1 Å². The van der Waals surface area contributed by atoms with Crippen molar-refractivity contribution in [2.45, 2.75) is 26.2 Å². The van der Waals surface area contributed by atoms with Gasteiger partial charge in [0.2, 0.25) is 24.3 Å². The van der Waals surface area contributed by atoms with Crippen molar-refractivity contribution >= 4 is 36.3 Å². The molecule has 38 heavy (non-hydrogen) atoms. The van der Waals surface area contributed by atoms with E-state index in [9.17, 15) is 28.8 Å². The number of carbonyl (C=O) groups is 2. The predicted molar refractivity (Wildman–Crippen MR) is 125 cm³/mol. The van der Waals surface area contributed by atoms with E-state index in [2.05, 4.69) is 20.0 Å². The van der Waals surface area contributed by atoms with E-state index in [1.54, 1.807) is 24.3 Å². The second-order valence-electron chi connectivity index (χ2n) is 6.52. The van der Waals surface area contributed by atoms with Crippen LogP contribution in [0.5, 0.6) is 0 Å². The molecule has 0 spiro atoms. The van der Waals surface area contributed by atoms with E-state index in [-0.39, 0.29) is 37.3 Å². The van der Waals surface area contributed by atoms with E-state index >= 15 is 0 Å². The van der Waals surface area contributed by atoms with Crippen molar-refractivity contribution in [1.29, 1.82) is 0 Å². The maximum absolute atomic E-state index is 10.5. The van der Waals surface area contributed by atoms with E-state index in [0.29, 0.717) is 23.0 Å². The van der Waals surface area contributed by atoms with E-state index in [4.69, 9.17) is 19.0 Å². The van der Waals surface area contributed by atoms with Crippen molar-refractivity contribution < 1.29 is 47.8 Å². The molecule has 0 aliphatic rings. The number of rotatable bonds is 10. The summed E-state index contributed by atoms with van der Waals surface area (Å²) in [4.78, 5) is 73.3. The standard InChI is InChI=1S/2C8H6N2O3.C8H6O4/c2*11-5-9-3-7-1-2-8(13-7)4-10-6-12;9-7(10)5-3-1-2-4-6(5)8(11)12/h2*1-2H,3-4H2;1-4H,(H,9,10)(H,11,12). The van der Waals surface area contributed by atoms with Crippen molar-refractivity contribution in [2.75, 3.05) is 0 Å². The molecule has 2 N–H and O–H groups in total. The highest BCUT2D eigenvalue weighted by molar-refractivity contribution is 6.01. The van der Waals surface area contributed by atoms with Gasteiger partial charge in [0.1, 0.15) is 49.2 Å². The Balaban J connectivity index is 0.000000285. The van der Waals surface area contributed by atoms with Crippen LogP contribution >= 0.6 is 0 Å². The van der Waals surface area contributed by atoms with Crippen LogP contribution in [0.15, 0.2) is 77.3 Å². The number of isocyanates is 4. The lowest BCUT2D eigenvalue weighted by Gasteiger charge is -1.98. The minimum absolute atomic E-state index is 0.161. The van der Waals surface area contributed by atoms with Gasteiger partial charge in [-0.15, -0.1) is 0 Å². The number of benzene rings is 1. The normalized spacial score (nSPS) is 8.84. The van der Waals surface area contributed by atoms with Crippen LogP contribution in [0.1, 0.15) is 43.8 Å². The molecule has 3 aromatic rings. The Hall–Kier alpha value is -5.76. The molecule has 194 valence electrons. The summed E-state index contributed by atoms with van der Waals surface area (Å²) in [5.41, 5.74) is -0.380. The van der Waals surface area contributed by atoms with Gasteiger partial charge in [-0.1, -0.05) is 12.1 Å². The number of carboxylic acid groups (broad SMARTS) is 2. The fourth-order valence-electron chi connectivity index (χ4n) is 2.48. The third kappa shape index (κ3) is 11.6. The molecule has 0 saturated carbocycles. The summed E-state index contributed by atoms with van der Waals surface area (Å²) in [6.45, 7) is 0.644. The molecule has 14 nitrogen and oxygen atoms in total. The average molecular weight is 522 g/mol. The molecule has 3 rings (SSSR count). The molecular formula is C24H18N4O10. The number of aromatic carboxylic acids is 2. The Bertz CT molecular complexity index is 1240. The average Bonchev–Trinajstić information content (AvgIpc) is 3.58. The number of aliphatic imine (C=N–C) groups is 4. The quantitative estimate of drug-likeness (QED) is 0.293. The van der Waals surface area contributed by atoms with Crippen molar-refractivity contribution in [3.63, 3.8) is 0 Å². The third-order valence-corrected chi connectivity index (χ3v) is 4.02. The van der Waals surface area contributed by atoms with Crippen LogP contribution in [0.2, 0.25) is 0 Å². The van der Waals surface area contributed by atoms with Gasteiger partial charge in [-0.05, 0) is 36.4 Å². The summed E-state index contributed by atoms with van der Waals surface area (Å²) >= 11 is 0. The molecule has 0 aliphatic carbocycles. The Morgan fingerprint density at radius 1 is 0.553 bits per heavy atom. The highest BCUT2D eigenvalue weighted by Crippen LogP contribution is 2.10. The maximum Gasteiger partial charge on any atom is 0.336 e. The van der Waals surface area contributed by atoms with Crippen LogP contribution in [0.3, 0.4) is 0 Å². The summed E-state index contributed by atoms with van der Waals surface area (Å²) < 4.78 is 10.3. The first kappa shape index (κ1) is 30.3. The second-order valence-corrected chi connectivity index (χ2v) is 6.52. The summed E-state index contributed by atoms with van der Waals surface area (Å²) in [5.74, 6) is -0.293. The summed E-state index contributed by atoms with van der Waals surface area (Å²) in [7, 11) is 0. The van der Waals surface area contributed by atoms with Crippen molar-refractivity contribution in [3.8, 4) is 0 Å². The zero-order chi connectivity index (χ0) is 28.2. The van der Waals surface area contributed by atoms with Crippen molar-refractivity contribution in [2.24, 2.45) is 20.0 Å². The molecule has 2 heterocycles. The molecule has 0 unspecified atom stereocenters. The van der Waals surface area contributed by atoms with Crippen LogP contribution in [0.25, 0.3) is 0 Å². The molecule has 2 aromatic heterocycles. The van der Waals surface area contributed by atoms with Crippen LogP contribution in [-0.4, -0.2) is 46.5 Å². The molecule has 0 amide bonds. The van der Waals surface area contributed by atoms with Gasteiger partial charge >= 0.3 is 11.9 Å². The highest BCUT2D eigenvalue weighted by Gasteiger charge is 2.13. The number of hydrogen-bond acceptors (Lipinski definition) is 12. The Labute approximate surface area is 213 Å². The van der Waals surface area contributed by atoms with Gasteiger partial charge in [0, 0.05) is 0 Å². The largest absolute Gasteiger partial charge is 0.478 e. The van der Waals surface area contributed by atoms with Gasteiger partial charge in [-0.2, -0.15) is 20.0 Å². The fraction of sp³-hybridized carbons (Fsp3) is 0.167. The molecule has 1 aromatic carbocycles. The minimum Gasteiger partial charge on any atom is -0.478 e. The first-order valence-electron chi connectivity index (χ1n) is 10.2. The lowest BCUT2D eigenvalue weighted by atomic mass is 10.1. The molecule has 14 heteroatoms. The topological polar surface area (TPSA) is 219 Å². The van der Waals surface area contributed by atoms with Crippen LogP contribution in [0, 0.1) is 0 Å². The number of furan rings is 2. The van der Waals surface area contributed by atoms with Crippen molar-refractivity contribution in [3.05, 3.63) is 82.7 Å². The van der Waals surface area contributed by atoms with Crippen LogP contribution in [0.4, 0.5) is 0 Å². The fourth-order valence-corrected chi connectivity index (χ4v) is 2.48. The Kier molecular flexibility index (Phi) is 14.1. The third-order valence-electron chi connectivity index (χ3n) is 4.02. The van der Waals surface area contributed by atoms with Crippen molar-refractivity contribution in [1.82, 2.24) is 0 Å². The molecule has 0 bridgehead atoms. The Morgan fingerprint density at radius 3 is 1.03 bits per heavy atom. The SMILES string of the molecule is O=C(O)c1ccccc1C(=O)O.O=C=NCc1ccc(CN=C=O)o1.O=C=NCc1ccc(CN=C=O)o1. The molecule has 0 saturated heterocycles. The summed E-state index contributed by atoms with van der Waals surface area (Å²) in [6, 6.07) is 12.1. The molecule has 0 radical (unpaired) electrons. The second kappa shape index (κ2) is 17.6. The lowest BCUT2D eigenvalue weighted by molar-refractivity contribution is 0.0651. The Morgan fingerprint density at radius 2 is 0.816 bits per heavy atom. The van der Waals surface area contributed by atoms with Crippen LogP contribution < -0.4 is 0 Å². The molecular weight excluding hydrogens is 504 g/mol. The first-order valence-corrected chi connectivity index (χ1v) is 10.2. The zero-order valence-corrected chi connectivity index (χ0v) is 19.4. The van der Waals surface area contributed by atoms with E-state index in [1.165, 1.54) is 48.6 Å². The predicted octanol–water partition coefficient (Wildman–Crippen LogP) is 2.99. The zero-order valence-electron chi connectivity index (χ0n) is 19.4. The molecule has 0 fully saturated rings. The number of hydrogen-bond donors (Lipinski definition) is 2. The van der Waals surface area contributed by atoms with E-state index in [1.807, 2.05) is 0 Å². The van der Waals surface area contributed by atoms with Gasteiger partial charge in [-0.3, -0.25) is 0 Å². The van der Waals surface area contributed by atoms with Gasteiger partial charge in [0.15, 0.2) is 0 Å². The highest BCUT2D eigenvalue weighted by atomic mass is 16.4. The maximum atomic E-state index is 10.5. The molecule has 0 atom stereocenters. The first-order chi connectivity index (χ1) is 18.4. The number of carboxylic acids is 2. The summed E-state index contributed by atoms with van der Waals surface area (Å²) in [5, 5.41) is 17.1. The minimum atomic E-state index is -1.23. The van der Waals surface area contributed by atoms with E-state index in [0.717, 1.165) is 0 Å². The lowest BCUT2D eigenvalue weighted by Crippen LogP contribution is -2.06. The van der Waals surface area contributed by atoms with Crippen LogP contribution in [-0.2, 0) is 45.4 Å². The van der Waals surface area contributed by atoms with Gasteiger partial charge < -0.3 is 19.0 Å².